The number of nitrogens with two attached hydrogens (primary N) is 1. The number of amides is 2. The molecule has 0 aliphatic carbocycles. The molecule has 15 heavy (non-hydrogen) atoms. The number of piperidine rings is 1. The van der Waals surface area contributed by atoms with E-state index in [1.165, 1.54) is 0 Å². The molecule has 1 aliphatic heterocycles. The molecule has 0 radical (unpaired) electrons. The Bertz CT molecular complexity index is 245. The SMILES string of the molecule is CC1CCN(C(=O)C(C)CC(N)=O)CC1. The van der Waals surface area contributed by atoms with Gasteiger partial charge in [0, 0.05) is 25.4 Å². The molecule has 1 rings (SSSR count). The molecule has 1 aliphatic rings. The summed E-state index contributed by atoms with van der Waals surface area (Å²) >= 11 is 0. The third-order valence-electron chi connectivity index (χ3n) is 3.02. The second-order valence-corrected chi connectivity index (χ2v) is 4.58. The Kier molecular flexibility index (Phi) is 4.12. The quantitative estimate of drug-likeness (QED) is 0.750. The van der Waals surface area contributed by atoms with Crippen molar-refractivity contribution >= 4 is 11.8 Å². The lowest BCUT2D eigenvalue weighted by atomic mass is 9.97. The van der Waals surface area contributed by atoms with E-state index >= 15 is 0 Å². The molecule has 4 nitrogen and oxygen atoms in total. The number of hydrogen-bond donors (Lipinski definition) is 1. The summed E-state index contributed by atoms with van der Waals surface area (Å²) in [6.45, 7) is 5.62. The second-order valence-electron chi connectivity index (χ2n) is 4.58. The number of primary amides is 1. The van der Waals surface area contributed by atoms with Gasteiger partial charge >= 0.3 is 0 Å². The summed E-state index contributed by atoms with van der Waals surface area (Å²) in [5, 5.41) is 0. The fraction of sp³-hybridized carbons (Fsp3) is 0.818. The van der Waals surface area contributed by atoms with Gasteiger partial charge in [-0.2, -0.15) is 0 Å². The van der Waals surface area contributed by atoms with Crippen molar-refractivity contribution < 1.29 is 9.59 Å². The normalized spacial score (nSPS) is 20.0. The van der Waals surface area contributed by atoms with E-state index in [1.54, 1.807) is 6.92 Å². The summed E-state index contributed by atoms with van der Waals surface area (Å²) in [6, 6.07) is 0. The van der Waals surface area contributed by atoms with Crippen LogP contribution in [0.3, 0.4) is 0 Å². The standard InChI is InChI=1S/C11H20N2O2/c1-8-3-5-13(6-4-8)11(15)9(2)7-10(12)14/h8-9H,3-7H2,1-2H3,(H2,12,14). The first-order chi connectivity index (χ1) is 7.00. The zero-order valence-corrected chi connectivity index (χ0v) is 9.53. The van der Waals surface area contributed by atoms with Crippen LogP contribution in [0.1, 0.15) is 33.1 Å². The van der Waals surface area contributed by atoms with Crippen LogP contribution in [-0.2, 0) is 9.59 Å². The lowest BCUT2D eigenvalue weighted by Crippen LogP contribution is -2.41. The van der Waals surface area contributed by atoms with Crippen LogP contribution in [0.25, 0.3) is 0 Å². The van der Waals surface area contributed by atoms with Gasteiger partial charge in [0.05, 0.1) is 0 Å². The van der Waals surface area contributed by atoms with Crippen LogP contribution in [0.4, 0.5) is 0 Å². The van der Waals surface area contributed by atoms with Crippen LogP contribution < -0.4 is 5.73 Å². The summed E-state index contributed by atoms with van der Waals surface area (Å²) in [7, 11) is 0. The minimum atomic E-state index is -0.402. The van der Waals surface area contributed by atoms with Crippen LogP contribution in [0, 0.1) is 11.8 Å². The van der Waals surface area contributed by atoms with Gasteiger partial charge in [0.1, 0.15) is 0 Å². The Morgan fingerprint density at radius 2 is 1.93 bits per heavy atom. The van der Waals surface area contributed by atoms with E-state index in [0.29, 0.717) is 5.92 Å². The molecule has 0 spiro atoms. The summed E-state index contributed by atoms with van der Waals surface area (Å²) in [5.74, 6) is 0.110. The Labute approximate surface area is 90.8 Å². The van der Waals surface area contributed by atoms with Gasteiger partial charge < -0.3 is 10.6 Å². The topological polar surface area (TPSA) is 63.4 Å². The molecule has 2 amide bonds. The summed E-state index contributed by atoms with van der Waals surface area (Å²) < 4.78 is 0. The molecule has 1 fully saturated rings. The van der Waals surface area contributed by atoms with E-state index in [-0.39, 0.29) is 18.2 Å². The van der Waals surface area contributed by atoms with Crippen molar-refractivity contribution in [2.45, 2.75) is 33.1 Å². The third-order valence-corrected chi connectivity index (χ3v) is 3.02. The molecule has 0 aromatic heterocycles. The van der Waals surface area contributed by atoms with Crippen LogP contribution in [-0.4, -0.2) is 29.8 Å². The Morgan fingerprint density at radius 1 is 1.40 bits per heavy atom. The highest BCUT2D eigenvalue weighted by Crippen LogP contribution is 2.18. The van der Waals surface area contributed by atoms with E-state index in [9.17, 15) is 9.59 Å². The van der Waals surface area contributed by atoms with Gasteiger partial charge in [-0.15, -0.1) is 0 Å². The highest BCUT2D eigenvalue weighted by Gasteiger charge is 2.25. The van der Waals surface area contributed by atoms with Gasteiger partial charge in [-0.3, -0.25) is 9.59 Å². The van der Waals surface area contributed by atoms with Crippen LogP contribution >= 0.6 is 0 Å². The third kappa shape index (κ3) is 3.53. The average molecular weight is 212 g/mol. The maximum Gasteiger partial charge on any atom is 0.225 e. The first kappa shape index (κ1) is 12.0. The zero-order chi connectivity index (χ0) is 11.4. The average Bonchev–Trinajstić information content (AvgIpc) is 2.17. The van der Waals surface area contributed by atoms with Crippen molar-refractivity contribution in [3.8, 4) is 0 Å². The van der Waals surface area contributed by atoms with Crippen LogP contribution in [0.15, 0.2) is 0 Å². The van der Waals surface area contributed by atoms with Crippen molar-refractivity contribution in [3.63, 3.8) is 0 Å². The largest absolute Gasteiger partial charge is 0.370 e. The molecule has 1 unspecified atom stereocenters. The van der Waals surface area contributed by atoms with Gasteiger partial charge in [0.15, 0.2) is 0 Å². The molecule has 2 N–H and O–H groups in total. The predicted molar refractivity (Wildman–Crippen MR) is 58.0 cm³/mol. The first-order valence-corrected chi connectivity index (χ1v) is 5.57. The minimum absolute atomic E-state index is 0.0701. The number of carbonyl (C=O) groups is 2. The highest BCUT2D eigenvalue weighted by atomic mass is 16.2. The number of likely N-dealkylation sites (tertiary alicyclic amines) is 1. The Morgan fingerprint density at radius 3 is 2.40 bits per heavy atom. The van der Waals surface area contributed by atoms with Gasteiger partial charge in [-0.05, 0) is 18.8 Å². The van der Waals surface area contributed by atoms with E-state index < -0.39 is 5.91 Å². The molecule has 0 saturated carbocycles. The molecule has 1 heterocycles. The summed E-state index contributed by atoms with van der Waals surface area (Å²) in [5.41, 5.74) is 5.07. The van der Waals surface area contributed by atoms with Gasteiger partial charge in [-0.25, -0.2) is 0 Å². The van der Waals surface area contributed by atoms with E-state index in [4.69, 9.17) is 5.73 Å². The molecule has 86 valence electrons. The van der Waals surface area contributed by atoms with Crippen molar-refractivity contribution in [1.82, 2.24) is 4.90 Å². The number of rotatable bonds is 3. The molecular formula is C11H20N2O2. The predicted octanol–water partition coefficient (Wildman–Crippen LogP) is 0.756. The molecule has 0 bridgehead atoms. The summed E-state index contributed by atoms with van der Waals surface area (Å²) in [6.07, 6.45) is 2.29. The van der Waals surface area contributed by atoms with Crippen LogP contribution in [0.5, 0.6) is 0 Å². The zero-order valence-electron chi connectivity index (χ0n) is 9.53. The smallest absolute Gasteiger partial charge is 0.225 e. The fourth-order valence-corrected chi connectivity index (χ4v) is 1.93. The van der Waals surface area contributed by atoms with Crippen molar-refractivity contribution in [2.75, 3.05) is 13.1 Å². The van der Waals surface area contributed by atoms with E-state index in [2.05, 4.69) is 6.92 Å². The molecule has 1 atom stereocenters. The first-order valence-electron chi connectivity index (χ1n) is 5.57. The molecule has 1 saturated heterocycles. The fourth-order valence-electron chi connectivity index (χ4n) is 1.93. The van der Waals surface area contributed by atoms with Crippen LogP contribution in [0.2, 0.25) is 0 Å². The monoisotopic (exact) mass is 212 g/mol. The maximum atomic E-state index is 11.9. The van der Waals surface area contributed by atoms with Crippen molar-refractivity contribution in [3.05, 3.63) is 0 Å². The lowest BCUT2D eigenvalue weighted by Gasteiger charge is -2.32. The van der Waals surface area contributed by atoms with Gasteiger partial charge in [0.2, 0.25) is 11.8 Å². The summed E-state index contributed by atoms with van der Waals surface area (Å²) in [4.78, 5) is 24.4. The number of carbonyl (C=O) groups excluding carboxylic acids is 2. The minimum Gasteiger partial charge on any atom is -0.370 e. The molecule has 4 heteroatoms. The number of nitrogens with zero attached hydrogens (tertiary/aromatic N) is 1. The molecule has 0 aromatic rings. The van der Waals surface area contributed by atoms with Crippen molar-refractivity contribution in [1.29, 1.82) is 0 Å². The lowest BCUT2D eigenvalue weighted by molar-refractivity contribution is -0.138. The van der Waals surface area contributed by atoms with E-state index in [0.717, 1.165) is 25.9 Å². The van der Waals surface area contributed by atoms with Gasteiger partial charge in [-0.1, -0.05) is 13.8 Å². The second kappa shape index (κ2) is 5.14. The highest BCUT2D eigenvalue weighted by molar-refractivity contribution is 5.84. The van der Waals surface area contributed by atoms with Crippen molar-refractivity contribution in [2.24, 2.45) is 17.6 Å². The Hall–Kier alpha value is -1.06. The molecule has 0 aromatic carbocycles. The maximum absolute atomic E-state index is 11.9. The Balaban J connectivity index is 2.42. The van der Waals surface area contributed by atoms with E-state index in [1.807, 2.05) is 4.90 Å². The van der Waals surface area contributed by atoms with Gasteiger partial charge in [0.25, 0.3) is 0 Å². The number of hydrogen-bond acceptors (Lipinski definition) is 2. The molecular weight excluding hydrogens is 192 g/mol.